The first-order valence-electron chi connectivity index (χ1n) is 9.93. The molecule has 0 saturated heterocycles. The van der Waals surface area contributed by atoms with Crippen LogP contribution in [0.3, 0.4) is 0 Å². The number of nitrogens with one attached hydrogen (secondary N) is 1. The van der Waals surface area contributed by atoms with Gasteiger partial charge in [0.2, 0.25) is 5.91 Å². The summed E-state index contributed by atoms with van der Waals surface area (Å²) >= 11 is 0. The van der Waals surface area contributed by atoms with Gasteiger partial charge >= 0.3 is 6.18 Å². The second-order valence-corrected chi connectivity index (χ2v) is 7.31. The van der Waals surface area contributed by atoms with Crippen LogP contribution in [0.15, 0.2) is 67.0 Å². The molecule has 0 bridgehead atoms. The smallest absolute Gasteiger partial charge is 0.416 e. The molecule has 2 aromatic carbocycles. The Morgan fingerprint density at radius 1 is 1.06 bits per heavy atom. The number of aromatic nitrogens is 1. The fourth-order valence-corrected chi connectivity index (χ4v) is 3.10. The SMILES string of the molecule is COc1ccc(NC(=O)C(C)Cc2cccc(C(F)(F)F)c2)cc1OCc1cccnc1. The third kappa shape index (κ3) is 6.23. The summed E-state index contributed by atoms with van der Waals surface area (Å²) in [4.78, 5) is 16.7. The number of carbonyl (C=O) groups is 1. The highest BCUT2D eigenvalue weighted by atomic mass is 19.4. The van der Waals surface area contributed by atoms with Gasteiger partial charge in [0.05, 0.1) is 12.7 Å². The molecule has 3 rings (SSSR count). The first-order chi connectivity index (χ1) is 15.3. The summed E-state index contributed by atoms with van der Waals surface area (Å²) in [6.45, 7) is 1.94. The summed E-state index contributed by atoms with van der Waals surface area (Å²) in [5.41, 5.74) is 1.08. The van der Waals surface area contributed by atoms with Crippen LogP contribution < -0.4 is 14.8 Å². The molecule has 5 nitrogen and oxygen atoms in total. The highest BCUT2D eigenvalue weighted by molar-refractivity contribution is 5.92. The Labute approximate surface area is 184 Å². The van der Waals surface area contributed by atoms with Crippen molar-refractivity contribution in [3.8, 4) is 11.5 Å². The Morgan fingerprint density at radius 3 is 2.53 bits per heavy atom. The highest BCUT2D eigenvalue weighted by Crippen LogP contribution is 2.32. The minimum Gasteiger partial charge on any atom is -0.493 e. The lowest BCUT2D eigenvalue weighted by Crippen LogP contribution is -2.22. The van der Waals surface area contributed by atoms with Crippen LogP contribution in [0.5, 0.6) is 11.5 Å². The van der Waals surface area contributed by atoms with Crippen molar-refractivity contribution >= 4 is 11.6 Å². The number of carbonyl (C=O) groups excluding carboxylic acids is 1. The number of halogens is 3. The zero-order chi connectivity index (χ0) is 23.1. The molecule has 32 heavy (non-hydrogen) atoms. The van der Waals surface area contributed by atoms with E-state index in [9.17, 15) is 18.0 Å². The zero-order valence-corrected chi connectivity index (χ0v) is 17.6. The second-order valence-electron chi connectivity index (χ2n) is 7.31. The van der Waals surface area contributed by atoms with Gasteiger partial charge in [-0.15, -0.1) is 0 Å². The molecule has 168 valence electrons. The molecule has 0 radical (unpaired) electrons. The molecule has 0 aliphatic heterocycles. The van der Waals surface area contributed by atoms with Gasteiger partial charge in [-0.3, -0.25) is 9.78 Å². The molecule has 1 unspecified atom stereocenters. The molecule has 3 aromatic rings. The first-order valence-corrected chi connectivity index (χ1v) is 9.93. The van der Waals surface area contributed by atoms with Gasteiger partial charge in [0, 0.05) is 35.6 Å². The summed E-state index contributed by atoms with van der Waals surface area (Å²) in [5, 5.41) is 2.79. The normalized spacial score (nSPS) is 12.2. The molecule has 1 aromatic heterocycles. The van der Waals surface area contributed by atoms with Crippen LogP contribution in [-0.4, -0.2) is 18.0 Å². The van der Waals surface area contributed by atoms with E-state index in [2.05, 4.69) is 10.3 Å². The highest BCUT2D eigenvalue weighted by Gasteiger charge is 2.30. The number of nitrogens with zero attached hydrogens (tertiary/aromatic N) is 1. The largest absolute Gasteiger partial charge is 0.493 e. The van der Waals surface area contributed by atoms with Crippen molar-refractivity contribution in [3.63, 3.8) is 0 Å². The Balaban J connectivity index is 1.66. The van der Waals surface area contributed by atoms with Gasteiger partial charge in [0.25, 0.3) is 0 Å². The summed E-state index contributed by atoms with van der Waals surface area (Å²) in [7, 11) is 1.52. The summed E-state index contributed by atoms with van der Waals surface area (Å²) < 4.78 is 49.9. The van der Waals surface area contributed by atoms with Crippen LogP contribution in [0.1, 0.15) is 23.6 Å². The van der Waals surface area contributed by atoms with Gasteiger partial charge in [-0.25, -0.2) is 0 Å². The fourth-order valence-electron chi connectivity index (χ4n) is 3.10. The number of benzene rings is 2. The van der Waals surface area contributed by atoms with E-state index in [0.29, 0.717) is 22.7 Å². The van der Waals surface area contributed by atoms with Crippen LogP contribution in [0.25, 0.3) is 0 Å². The Morgan fingerprint density at radius 2 is 1.84 bits per heavy atom. The number of hydrogen-bond acceptors (Lipinski definition) is 4. The van der Waals surface area contributed by atoms with Gasteiger partial charge in [0.1, 0.15) is 6.61 Å². The average molecular weight is 444 g/mol. The van der Waals surface area contributed by atoms with Crippen molar-refractivity contribution < 1.29 is 27.4 Å². The molecule has 0 spiro atoms. The van der Waals surface area contributed by atoms with Gasteiger partial charge in [-0.2, -0.15) is 13.2 Å². The quantitative estimate of drug-likeness (QED) is 0.498. The Hall–Kier alpha value is -3.55. The molecule has 1 heterocycles. The van der Waals surface area contributed by atoms with Gasteiger partial charge in [-0.1, -0.05) is 31.2 Å². The maximum atomic E-state index is 12.9. The van der Waals surface area contributed by atoms with Crippen molar-refractivity contribution in [2.45, 2.75) is 26.1 Å². The molecule has 0 aliphatic carbocycles. The van der Waals surface area contributed by atoms with E-state index in [4.69, 9.17) is 9.47 Å². The van der Waals surface area contributed by atoms with Crippen molar-refractivity contribution in [2.24, 2.45) is 5.92 Å². The molecule has 0 aliphatic rings. The number of rotatable bonds is 8. The molecule has 1 amide bonds. The number of ether oxygens (including phenoxy) is 2. The van der Waals surface area contributed by atoms with Gasteiger partial charge in [0.15, 0.2) is 11.5 Å². The maximum Gasteiger partial charge on any atom is 0.416 e. The predicted octanol–water partition coefficient (Wildman–Crippen LogP) is 5.51. The van der Waals surface area contributed by atoms with E-state index in [0.717, 1.165) is 17.7 Å². The fraction of sp³-hybridized carbons (Fsp3) is 0.250. The lowest BCUT2D eigenvalue weighted by atomic mass is 9.98. The van der Waals surface area contributed by atoms with Crippen LogP contribution in [0.2, 0.25) is 0 Å². The van der Waals surface area contributed by atoms with Gasteiger partial charge in [-0.05, 0) is 36.2 Å². The number of hydrogen-bond donors (Lipinski definition) is 1. The van der Waals surface area contributed by atoms with E-state index in [-0.39, 0.29) is 18.9 Å². The van der Waals surface area contributed by atoms with E-state index < -0.39 is 17.7 Å². The summed E-state index contributed by atoms with van der Waals surface area (Å²) in [6, 6.07) is 13.7. The average Bonchev–Trinajstić information content (AvgIpc) is 2.78. The Bertz CT molecular complexity index is 1060. The number of amides is 1. The predicted molar refractivity (Wildman–Crippen MR) is 115 cm³/mol. The van der Waals surface area contributed by atoms with E-state index in [1.54, 1.807) is 49.6 Å². The molecule has 0 saturated carbocycles. The Kier molecular flexibility index (Phi) is 7.35. The molecule has 1 atom stereocenters. The number of pyridine rings is 1. The number of methoxy groups -OCH3 is 1. The molecule has 8 heteroatoms. The molecule has 0 fully saturated rings. The van der Waals surface area contributed by atoms with Crippen molar-refractivity contribution in [3.05, 3.63) is 83.7 Å². The molecular weight excluding hydrogens is 421 g/mol. The summed E-state index contributed by atoms with van der Waals surface area (Å²) in [5.74, 6) is 0.0923. The van der Waals surface area contributed by atoms with Crippen LogP contribution >= 0.6 is 0 Å². The van der Waals surface area contributed by atoms with Crippen molar-refractivity contribution in [2.75, 3.05) is 12.4 Å². The monoisotopic (exact) mass is 444 g/mol. The zero-order valence-electron chi connectivity index (χ0n) is 17.6. The number of alkyl halides is 3. The van der Waals surface area contributed by atoms with E-state index in [1.165, 1.54) is 13.2 Å². The lowest BCUT2D eigenvalue weighted by Gasteiger charge is -2.16. The molecule has 1 N–H and O–H groups in total. The van der Waals surface area contributed by atoms with Crippen LogP contribution in [-0.2, 0) is 24.0 Å². The van der Waals surface area contributed by atoms with Crippen LogP contribution in [0.4, 0.5) is 18.9 Å². The first kappa shape index (κ1) is 23.1. The van der Waals surface area contributed by atoms with Crippen molar-refractivity contribution in [1.29, 1.82) is 0 Å². The van der Waals surface area contributed by atoms with Crippen LogP contribution in [0, 0.1) is 5.92 Å². The van der Waals surface area contributed by atoms with E-state index >= 15 is 0 Å². The minimum absolute atomic E-state index is 0.177. The maximum absolute atomic E-state index is 12.9. The topological polar surface area (TPSA) is 60.5 Å². The minimum atomic E-state index is -4.42. The third-order valence-corrected chi connectivity index (χ3v) is 4.79. The molecular formula is C24H23F3N2O3. The van der Waals surface area contributed by atoms with E-state index in [1.807, 2.05) is 6.07 Å². The van der Waals surface area contributed by atoms with Crippen molar-refractivity contribution in [1.82, 2.24) is 4.98 Å². The lowest BCUT2D eigenvalue weighted by molar-refractivity contribution is -0.137. The van der Waals surface area contributed by atoms with Gasteiger partial charge < -0.3 is 14.8 Å². The third-order valence-electron chi connectivity index (χ3n) is 4.79. The standard InChI is InChI=1S/C24H23F3N2O3/c1-16(11-17-5-3-7-19(12-17)24(25,26)27)23(30)29-20-8-9-21(31-2)22(13-20)32-15-18-6-4-10-28-14-18/h3-10,12-14,16H,11,15H2,1-2H3,(H,29,30). The summed E-state index contributed by atoms with van der Waals surface area (Å²) in [6.07, 6.45) is -0.887. The number of anilines is 1. The second kappa shape index (κ2) is 10.2.